The van der Waals surface area contributed by atoms with Gasteiger partial charge in [0.05, 0.1) is 5.52 Å². The third-order valence-corrected chi connectivity index (χ3v) is 3.54. The van der Waals surface area contributed by atoms with Gasteiger partial charge in [-0.05, 0) is 17.7 Å². The molecule has 0 spiro atoms. The number of ether oxygens (including phenoxy) is 1. The molecule has 0 fully saturated rings. The number of rotatable bonds is 3. The maximum absolute atomic E-state index is 12.3. The molecule has 2 aromatic carbocycles. The highest BCUT2D eigenvalue weighted by molar-refractivity contribution is 5.88. The molecule has 0 aliphatic rings. The van der Waals surface area contributed by atoms with Gasteiger partial charge in [0.1, 0.15) is 12.4 Å². The number of phenolic OH excluding ortho intramolecular Hbond substituents is 1. The predicted octanol–water partition coefficient (Wildman–Crippen LogP) is 2.53. The molecular weight excluding hydrogens is 282 g/mol. The Bertz CT molecular complexity index is 885. The number of hydrogen-bond acceptors (Lipinski definition) is 4. The number of fused-ring (bicyclic) bond motifs is 1. The Balaban J connectivity index is 2.06. The Morgan fingerprint density at radius 2 is 1.82 bits per heavy atom. The van der Waals surface area contributed by atoms with Crippen molar-refractivity contribution >= 4 is 10.9 Å². The van der Waals surface area contributed by atoms with Crippen molar-refractivity contribution in [2.45, 2.75) is 6.61 Å². The molecule has 0 aliphatic heterocycles. The van der Waals surface area contributed by atoms with Crippen molar-refractivity contribution in [1.82, 2.24) is 4.57 Å². The second kappa shape index (κ2) is 5.44. The van der Waals surface area contributed by atoms with E-state index in [1.165, 1.54) is 16.7 Å². The van der Waals surface area contributed by atoms with Gasteiger partial charge in [0.25, 0.3) is 5.56 Å². The summed E-state index contributed by atoms with van der Waals surface area (Å²) in [5.41, 5.74) is 0.885. The highest BCUT2D eigenvalue weighted by Gasteiger charge is 2.16. The van der Waals surface area contributed by atoms with Crippen LogP contribution < -0.4 is 10.3 Å². The molecule has 2 N–H and O–H groups in total. The van der Waals surface area contributed by atoms with Crippen LogP contribution in [0.2, 0.25) is 0 Å². The molecule has 0 saturated heterocycles. The van der Waals surface area contributed by atoms with E-state index in [9.17, 15) is 15.0 Å². The van der Waals surface area contributed by atoms with Crippen LogP contribution in [0.3, 0.4) is 0 Å². The minimum Gasteiger partial charge on any atom is -0.508 e. The quantitative estimate of drug-likeness (QED) is 0.779. The average molecular weight is 297 g/mol. The first-order valence-electron chi connectivity index (χ1n) is 6.79. The molecule has 0 aliphatic carbocycles. The van der Waals surface area contributed by atoms with Gasteiger partial charge in [-0.3, -0.25) is 4.79 Å². The molecular formula is C17H15NO4. The fraction of sp³-hybridized carbons (Fsp3) is 0.118. The predicted molar refractivity (Wildman–Crippen MR) is 83.3 cm³/mol. The lowest BCUT2D eigenvalue weighted by molar-refractivity contribution is 0.284. The first-order valence-corrected chi connectivity index (χ1v) is 6.79. The van der Waals surface area contributed by atoms with Crippen LogP contribution in [-0.2, 0) is 13.7 Å². The van der Waals surface area contributed by atoms with E-state index < -0.39 is 5.56 Å². The summed E-state index contributed by atoms with van der Waals surface area (Å²) in [5.74, 6) is -0.279. The summed E-state index contributed by atoms with van der Waals surface area (Å²) in [5, 5.41) is 20.3. The highest BCUT2D eigenvalue weighted by Crippen LogP contribution is 2.33. The van der Waals surface area contributed by atoms with Crippen LogP contribution in [0.5, 0.6) is 17.2 Å². The van der Waals surface area contributed by atoms with Crippen molar-refractivity contribution in [3.63, 3.8) is 0 Å². The van der Waals surface area contributed by atoms with Crippen LogP contribution in [0, 0.1) is 0 Å². The molecule has 0 bridgehead atoms. The fourth-order valence-electron chi connectivity index (χ4n) is 2.34. The van der Waals surface area contributed by atoms with Crippen molar-refractivity contribution < 1.29 is 14.9 Å². The van der Waals surface area contributed by atoms with Crippen molar-refractivity contribution in [3.05, 3.63) is 64.4 Å². The Kier molecular flexibility index (Phi) is 3.47. The molecule has 3 rings (SSSR count). The first-order chi connectivity index (χ1) is 10.6. The van der Waals surface area contributed by atoms with Crippen molar-refractivity contribution in [3.8, 4) is 17.2 Å². The van der Waals surface area contributed by atoms with Gasteiger partial charge in [0.2, 0.25) is 5.75 Å². The summed E-state index contributed by atoms with van der Waals surface area (Å²) in [6, 6.07) is 13.8. The molecule has 5 nitrogen and oxygen atoms in total. The van der Waals surface area contributed by atoms with E-state index in [2.05, 4.69) is 0 Å². The third-order valence-electron chi connectivity index (χ3n) is 3.54. The number of hydrogen-bond donors (Lipinski definition) is 2. The molecule has 0 unspecified atom stereocenters. The van der Waals surface area contributed by atoms with E-state index in [-0.39, 0.29) is 23.9 Å². The van der Waals surface area contributed by atoms with Crippen LogP contribution >= 0.6 is 0 Å². The van der Waals surface area contributed by atoms with E-state index >= 15 is 0 Å². The molecule has 1 aromatic heterocycles. The molecule has 0 radical (unpaired) electrons. The number of nitrogens with zero attached hydrogens (tertiary/aromatic N) is 1. The molecule has 1 heterocycles. The van der Waals surface area contributed by atoms with E-state index in [0.717, 1.165) is 5.56 Å². The third kappa shape index (κ3) is 2.37. The van der Waals surface area contributed by atoms with Crippen LogP contribution in [0.4, 0.5) is 0 Å². The minimum absolute atomic E-state index is 0.0276. The highest BCUT2D eigenvalue weighted by atomic mass is 16.5. The zero-order valence-corrected chi connectivity index (χ0v) is 12.0. The van der Waals surface area contributed by atoms with Crippen molar-refractivity contribution in [1.29, 1.82) is 0 Å². The normalized spacial score (nSPS) is 10.8. The smallest absolute Gasteiger partial charge is 0.297 e. The summed E-state index contributed by atoms with van der Waals surface area (Å²) < 4.78 is 6.87. The maximum atomic E-state index is 12.3. The molecule has 0 atom stereocenters. The number of benzene rings is 2. The van der Waals surface area contributed by atoms with E-state index in [4.69, 9.17) is 4.74 Å². The number of aromatic hydroxyl groups is 2. The zero-order valence-electron chi connectivity index (χ0n) is 12.0. The van der Waals surface area contributed by atoms with Crippen molar-refractivity contribution in [2.75, 3.05) is 0 Å². The molecule has 112 valence electrons. The van der Waals surface area contributed by atoms with E-state index in [1.54, 1.807) is 13.1 Å². The standard InChI is InChI=1S/C17H15NO4/c1-18-14-9-12(19)7-8-13(14)15(20)16(17(18)21)22-10-11-5-3-2-4-6-11/h2-9,19-20H,10H2,1H3. The van der Waals surface area contributed by atoms with Crippen LogP contribution in [-0.4, -0.2) is 14.8 Å². The SMILES string of the molecule is Cn1c(=O)c(OCc2ccccc2)c(O)c2ccc(O)cc21. The second-order valence-electron chi connectivity index (χ2n) is 5.02. The number of aryl methyl sites for hydroxylation is 1. The van der Waals surface area contributed by atoms with E-state index in [0.29, 0.717) is 10.9 Å². The monoisotopic (exact) mass is 297 g/mol. The van der Waals surface area contributed by atoms with Gasteiger partial charge in [0.15, 0.2) is 5.75 Å². The van der Waals surface area contributed by atoms with E-state index in [1.807, 2.05) is 30.3 Å². The summed E-state index contributed by atoms with van der Waals surface area (Å²) in [6.45, 7) is 0.188. The largest absolute Gasteiger partial charge is 0.508 e. The van der Waals surface area contributed by atoms with Gasteiger partial charge in [0, 0.05) is 18.5 Å². The van der Waals surface area contributed by atoms with Gasteiger partial charge in [-0.15, -0.1) is 0 Å². The van der Waals surface area contributed by atoms with Crippen LogP contribution in [0.1, 0.15) is 5.56 Å². The lowest BCUT2D eigenvalue weighted by Gasteiger charge is -2.13. The summed E-state index contributed by atoms with van der Waals surface area (Å²) in [6.07, 6.45) is 0. The molecule has 3 aromatic rings. The van der Waals surface area contributed by atoms with Crippen molar-refractivity contribution in [2.24, 2.45) is 7.05 Å². The molecule has 5 heteroatoms. The summed E-state index contributed by atoms with van der Waals surface area (Å²) in [7, 11) is 1.57. The zero-order chi connectivity index (χ0) is 15.7. The Morgan fingerprint density at radius 1 is 1.09 bits per heavy atom. The number of phenols is 1. The lowest BCUT2D eigenvalue weighted by atomic mass is 10.1. The summed E-state index contributed by atoms with van der Waals surface area (Å²) >= 11 is 0. The molecule has 0 saturated carbocycles. The van der Waals surface area contributed by atoms with Gasteiger partial charge in [-0.1, -0.05) is 30.3 Å². The maximum Gasteiger partial charge on any atom is 0.297 e. The second-order valence-corrected chi connectivity index (χ2v) is 5.02. The summed E-state index contributed by atoms with van der Waals surface area (Å²) in [4.78, 5) is 12.3. The van der Waals surface area contributed by atoms with Gasteiger partial charge in [-0.25, -0.2) is 0 Å². The molecule has 0 amide bonds. The topological polar surface area (TPSA) is 71.7 Å². The minimum atomic E-state index is -0.452. The van der Waals surface area contributed by atoms with Crippen LogP contribution in [0.15, 0.2) is 53.3 Å². The Morgan fingerprint density at radius 3 is 2.55 bits per heavy atom. The van der Waals surface area contributed by atoms with Gasteiger partial charge in [-0.2, -0.15) is 0 Å². The van der Waals surface area contributed by atoms with Gasteiger partial charge < -0.3 is 19.5 Å². The Hall–Kier alpha value is -2.95. The number of aromatic nitrogens is 1. The fourth-order valence-corrected chi connectivity index (χ4v) is 2.34. The van der Waals surface area contributed by atoms with Gasteiger partial charge >= 0.3 is 0 Å². The molecule has 22 heavy (non-hydrogen) atoms. The number of pyridine rings is 1. The average Bonchev–Trinajstić information content (AvgIpc) is 2.53. The van der Waals surface area contributed by atoms with Crippen LogP contribution in [0.25, 0.3) is 10.9 Å². The Labute approximate surface area is 126 Å². The lowest BCUT2D eigenvalue weighted by Crippen LogP contribution is -2.19. The first kappa shape index (κ1) is 14.0.